The van der Waals surface area contributed by atoms with Crippen molar-refractivity contribution in [2.45, 2.75) is 0 Å². The fourth-order valence-corrected chi connectivity index (χ4v) is 2.29. The fraction of sp³-hybridized carbons (Fsp3) is 0.133. The third-order valence-corrected chi connectivity index (χ3v) is 4.12. The second-order valence-electron chi connectivity index (χ2n) is 4.21. The first-order chi connectivity index (χ1) is 10.1. The van der Waals surface area contributed by atoms with Crippen LogP contribution in [0.5, 0.6) is 5.75 Å². The van der Waals surface area contributed by atoms with Crippen LogP contribution in [0.25, 0.3) is 0 Å². The normalized spacial score (nSPS) is 10.2. The van der Waals surface area contributed by atoms with E-state index in [0.29, 0.717) is 23.9 Å². The molecule has 0 bridgehead atoms. The Morgan fingerprint density at radius 1 is 1.29 bits per heavy atom. The summed E-state index contributed by atoms with van der Waals surface area (Å²) < 4.78 is 6.32. The van der Waals surface area contributed by atoms with Crippen molar-refractivity contribution in [3.63, 3.8) is 0 Å². The van der Waals surface area contributed by atoms with Crippen LogP contribution >= 0.6 is 27.5 Å². The van der Waals surface area contributed by atoms with Crippen LogP contribution in [0, 0.1) is 0 Å². The lowest BCUT2D eigenvalue weighted by atomic mass is 10.2. The van der Waals surface area contributed by atoms with Gasteiger partial charge in [0.1, 0.15) is 12.4 Å². The highest BCUT2D eigenvalue weighted by Crippen LogP contribution is 2.29. The number of benzene rings is 2. The molecular formula is C15H13BrClNO3. The lowest BCUT2D eigenvalue weighted by Crippen LogP contribution is -2.12. The molecule has 6 heteroatoms. The summed E-state index contributed by atoms with van der Waals surface area (Å²) >= 11 is 9.40. The Balaban J connectivity index is 1.86. The maximum atomic E-state index is 10.9. The van der Waals surface area contributed by atoms with E-state index in [-0.39, 0.29) is 5.56 Å². The molecule has 0 unspecified atom stereocenters. The first-order valence-electron chi connectivity index (χ1n) is 6.22. The van der Waals surface area contributed by atoms with Gasteiger partial charge in [0.05, 0.1) is 20.7 Å². The first-order valence-corrected chi connectivity index (χ1v) is 7.39. The third-order valence-electron chi connectivity index (χ3n) is 2.72. The average molecular weight is 371 g/mol. The zero-order valence-corrected chi connectivity index (χ0v) is 13.3. The van der Waals surface area contributed by atoms with Gasteiger partial charge in [0.2, 0.25) is 0 Å². The molecule has 0 aliphatic rings. The van der Waals surface area contributed by atoms with Gasteiger partial charge in [-0.05, 0) is 46.3 Å². The standard InChI is InChI=1S/C15H13BrClNO3/c16-14-12(17)5-2-6-13(14)18-7-8-21-11-4-1-3-10(9-11)15(19)20/h1-6,9,18H,7-8H2,(H,19,20). The van der Waals surface area contributed by atoms with Crippen LogP contribution in [0.1, 0.15) is 10.4 Å². The maximum absolute atomic E-state index is 10.9. The number of halogens is 2. The van der Waals surface area contributed by atoms with Gasteiger partial charge in [-0.1, -0.05) is 23.7 Å². The van der Waals surface area contributed by atoms with Gasteiger partial charge < -0.3 is 15.2 Å². The maximum Gasteiger partial charge on any atom is 0.335 e. The van der Waals surface area contributed by atoms with Gasteiger partial charge in [0, 0.05) is 6.54 Å². The van der Waals surface area contributed by atoms with Gasteiger partial charge in [0.15, 0.2) is 0 Å². The number of hydrogen-bond donors (Lipinski definition) is 2. The van der Waals surface area contributed by atoms with E-state index in [1.54, 1.807) is 18.2 Å². The number of hydrogen-bond acceptors (Lipinski definition) is 3. The van der Waals surface area contributed by atoms with Crippen LogP contribution in [0.15, 0.2) is 46.9 Å². The van der Waals surface area contributed by atoms with E-state index < -0.39 is 5.97 Å². The summed E-state index contributed by atoms with van der Waals surface area (Å²) in [7, 11) is 0. The number of carboxylic acids is 1. The quantitative estimate of drug-likeness (QED) is 0.745. The number of aromatic carboxylic acids is 1. The number of carbonyl (C=O) groups is 1. The van der Waals surface area contributed by atoms with E-state index >= 15 is 0 Å². The van der Waals surface area contributed by atoms with E-state index in [1.807, 2.05) is 12.1 Å². The molecule has 0 aliphatic heterocycles. The predicted molar refractivity (Wildman–Crippen MR) is 86.5 cm³/mol. The van der Waals surface area contributed by atoms with Crippen LogP contribution in [0.4, 0.5) is 5.69 Å². The fourth-order valence-electron chi connectivity index (χ4n) is 1.71. The molecule has 2 aromatic rings. The van der Waals surface area contributed by atoms with Gasteiger partial charge in [-0.25, -0.2) is 4.79 Å². The number of rotatable bonds is 6. The monoisotopic (exact) mass is 369 g/mol. The van der Waals surface area contributed by atoms with E-state index in [2.05, 4.69) is 21.2 Å². The van der Waals surface area contributed by atoms with Gasteiger partial charge in [-0.15, -0.1) is 0 Å². The second-order valence-corrected chi connectivity index (χ2v) is 5.41. The second kappa shape index (κ2) is 7.33. The lowest BCUT2D eigenvalue weighted by Gasteiger charge is -2.11. The molecule has 0 fully saturated rings. The van der Waals surface area contributed by atoms with E-state index in [1.165, 1.54) is 12.1 Å². The third kappa shape index (κ3) is 4.37. The van der Waals surface area contributed by atoms with Crippen molar-refractivity contribution in [2.75, 3.05) is 18.5 Å². The first kappa shape index (κ1) is 15.7. The molecule has 110 valence electrons. The van der Waals surface area contributed by atoms with Crippen molar-refractivity contribution < 1.29 is 14.6 Å². The molecule has 21 heavy (non-hydrogen) atoms. The molecule has 2 rings (SSSR count). The molecule has 4 nitrogen and oxygen atoms in total. The largest absolute Gasteiger partial charge is 0.492 e. The summed E-state index contributed by atoms with van der Waals surface area (Å²) in [6, 6.07) is 12.0. The highest BCUT2D eigenvalue weighted by atomic mass is 79.9. The zero-order chi connectivity index (χ0) is 15.2. The number of anilines is 1. The van der Waals surface area contributed by atoms with E-state index in [9.17, 15) is 4.79 Å². The average Bonchev–Trinajstić information content (AvgIpc) is 2.48. The van der Waals surface area contributed by atoms with Crippen molar-refractivity contribution >= 4 is 39.2 Å². The molecule has 0 saturated carbocycles. The minimum absolute atomic E-state index is 0.207. The molecule has 0 spiro atoms. The van der Waals surface area contributed by atoms with E-state index in [0.717, 1.165) is 10.2 Å². The van der Waals surface area contributed by atoms with Crippen molar-refractivity contribution in [3.8, 4) is 5.75 Å². The van der Waals surface area contributed by atoms with E-state index in [4.69, 9.17) is 21.4 Å². The Hall–Kier alpha value is -1.72. The Bertz CT molecular complexity index is 649. The Morgan fingerprint density at radius 2 is 2.05 bits per heavy atom. The van der Waals surface area contributed by atoms with Crippen LogP contribution in [0.3, 0.4) is 0 Å². The molecule has 0 aliphatic carbocycles. The molecule has 0 saturated heterocycles. The molecule has 0 atom stereocenters. The summed E-state index contributed by atoms with van der Waals surface area (Å²) in [6.45, 7) is 0.971. The molecule has 0 radical (unpaired) electrons. The highest BCUT2D eigenvalue weighted by molar-refractivity contribution is 9.10. The molecule has 2 aromatic carbocycles. The Labute approximate surface area is 135 Å². The van der Waals surface area contributed by atoms with Crippen molar-refractivity contribution in [1.82, 2.24) is 0 Å². The number of ether oxygens (including phenoxy) is 1. The van der Waals surface area contributed by atoms with Crippen LogP contribution in [-0.2, 0) is 0 Å². The van der Waals surface area contributed by atoms with Crippen molar-refractivity contribution in [3.05, 3.63) is 57.5 Å². The Morgan fingerprint density at radius 3 is 2.81 bits per heavy atom. The molecular weight excluding hydrogens is 358 g/mol. The zero-order valence-electron chi connectivity index (χ0n) is 11.0. The van der Waals surface area contributed by atoms with Gasteiger partial charge in [-0.2, -0.15) is 0 Å². The molecule has 0 amide bonds. The Kier molecular flexibility index (Phi) is 5.47. The van der Waals surface area contributed by atoms with Crippen LogP contribution < -0.4 is 10.1 Å². The minimum Gasteiger partial charge on any atom is -0.492 e. The SMILES string of the molecule is O=C(O)c1cccc(OCCNc2cccc(Cl)c2Br)c1. The summed E-state index contributed by atoms with van der Waals surface area (Å²) in [5.74, 6) is -0.441. The molecule has 2 N–H and O–H groups in total. The van der Waals surface area contributed by atoms with Crippen LogP contribution in [0.2, 0.25) is 5.02 Å². The minimum atomic E-state index is -0.971. The van der Waals surface area contributed by atoms with Gasteiger partial charge in [-0.3, -0.25) is 0 Å². The van der Waals surface area contributed by atoms with Crippen LogP contribution in [-0.4, -0.2) is 24.2 Å². The predicted octanol–water partition coefficient (Wildman–Crippen LogP) is 4.29. The van der Waals surface area contributed by atoms with Gasteiger partial charge >= 0.3 is 5.97 Å². The highest BCUT2D eigenvalue weighted by Gasteiger charge is 2.05. The molecule has 0 heterocycles. The summed E-state index contributed by atoms with van der Waals surface area (Å²) in [5, 5.41) is 12.7. The summed E-state index contributed by atoms with van der Waals surface area (Å²) in [5.41, 5.74) is 1.09. The smallest absolute Gasteiger partial charge is 0.335 e. The number of carboxylic acid groups (broad SMARTS) is 1. The van der Waals surface area contributed by atoms with Crippen molar-refractivity contribution in [2.24, 2.45) is 0 Å². The topological polar surface area (TPSA) is 58.6 Å². The molecule has 0 aromatic heterocycles. The summed E-state index contributed by atoms with van der Waals surface area (Å²) in [6.07, 6.45) is 0. The van der Waals surface area contributed by atoms with Gasteiger partial charge in [0.25, 0.3) is 0 Å². The number of nitrogens with one attached hydrogen (secondary N) is 1. The van der Waals surface area contributed by atoms with Crippen molar-refractivity contribution in [1.29, 1.82) is 0 Å². The lowest BCUT2D eigenvalue weighted by molar-refractivity contribution is 0.0696. The summed E-state index contributed by atoms with van der Waals surface area (Å²) in [4.78, 5) is 10.9.